The maximum Gasteiger partial charge on any atom is 0.338 e. The molecule has 118 valence electrons. The lowest BCUT2D eigenvalue weighted by atomic mass is 10.1. The molecule has 3 rings (SSSR count). The molecular formula is C19H14N2O3. The molecule has 0 aliphatic carbocycles. The third kappa shape index (κ3) is 2.90. The highest BCUT2D eigenvalue weighted by molar-refractivity contribution is 6.10. The van der Waals surface area contributed by atoms with Crippen LogP contribution in [0.25, 0.3) is 10.9 Å². The molecule has 1 atom stereocenters. The van der Waals surface area contributed by atoms with E-state index in [0.29, 0.717) is 11.1 Å². The number of aromatic nitrogens is 1. The van der Waals surface area contributed by atoms with Gasteiger partial charge in [0.25, 0.3) is 0 Å². The topological polar surface area (TPSA) is 82.9 Å². The number of ether oxygens (including phenoxy) is 1. The number of Topliss-reactive ketones (excluding diaryl/α,β-unsaturated/α-hetero) is 1. The third-order valence-electron chi connectivity index (χ3n) is 3.74. The second-order valence-corrected chi connectivity index (χ2v) is 5.35. The van der Waals surface area contributed by atoms with Crippen molar-refractivity contribution in [2.75, 3.05) is 0 Å². The third-order valence-corrected chi connectivity index (χ3v) is 3.74. The summed E-state index contributed by atoms with van der Waals surface area (Å²) in [5.74, 6) is -0.912. The number of nitrogens with zero attached hydrogens (tertiary/aromatic N) is 1. The number of nitriles is 1. The van der Waals surface area contributed by atoms with Crippen molar-refractivity contribution >= 4 is 22.7 Å². The largest absolute Gasteiger partial charge is 0.451 e. The molecule has 0 aliphatic heterocycles. The number of para-hydroxylation sites is 1. The molecule has 24 heavy (non-hydrogen) atoms. The van der Waals surface area contributed by atoms with Gasteiger partial charge in [-0.1, -0.05) is 24.3 Å². The molecule has 5 nitrogen and oxygen atoms in total. The number of carbonyl (C=O) groups is 2. The molecule has 1 heterocycles. The van der Waals surface area contributed by atoms with Crippen molar-refractivity contribution < 1.29 is 14.3 Å². The number of carbonyl (C=O) groups excluding carboxylic acids is 2. The van der Waals surface area contributed by atoms with Crippen LogP contribution in [0.4, 0.5) is 0 Å². The summed E-state index contributed by atoms with van der Waals surface area (Å²) in [6.07, 6.45) is 0.690. The SMILES string of the molecule is C[C@@H](OC(=O)c1cccc(C#N)c1)C(=O)c1c[nH]c2ccccc12. The first kappa shape index (κ1) is 15.5. The van der Waals surface area contributed by atoms with E-state index in [9.17, 15) is 9.59 Å². The number of H-pyrrole nitrogens is 1. The monoisotopic (exact) mass is 318 g/mol. The van der Waals surface area contributed by atoms with E-state index in [-0.39, 0.29) is 11.3 Å². The molecule has 0 saturated heterocycles. The summed E-state index contributed by atoms with van der Waals surface area (Å²) in [7, 11) is 0. The lowest BCUT2D eigenvalue weighted by Gasteiger charge is -2.12. The molecule has 2 aromatic carbocycles. The van der Waals surface area contributed by atoms with E-state index in [4.69, 9.17) is 10.00 Å². The van der Waals surface area contributed by atoms with Crippen LogP contribution in [0.2, 0.25) is 0 Å². The van der Waals surface area contributed by atoms with Crippen LogP contribution in [0.1, 0.15) is 33.2 Å². The van der Waals surface area contributed by atoms with Gasteiger partial charge in [-0.3, -0.25) is 4.79 Å². The van der Waals surface area contributed by atoms with Crippen molar-refractivity contribution in [1.29, 1.82) is 5.26 Å². The van der Waals surface area contributed by atoms with E-state index in [1.54, 1.807) is 24.4 Å². The normalized spacial score (nSPS) is 11.7. The molecular weight excluding hydrogens is 304 g/mol. The van der Waals surface area contributed by atoms with Gasteiger partial charge >= 0.3 is 5.97 Å². The maximum absolute atomic E-state index is 12.6. The Morgan fingerprint density at radius 2 is 1.96 bits per heavy atom. The van der Waals surface area contributed by atoms with Gasteiger partial charge in [0.15, 0.2) is 6.10 Å². The highest BCUT2D eigenvalue weighted by atomic mass is 16.5. The number of hydrogen-bond donors (Lipinski definition) is 1. The Balaban J connectivity index is 1.79. The van der Waals surface area contributed by atoms with E-state index in [0.717, 1.165) is 10.9 Å². The summed E-state index contributed by atoms with van der Waals surface area (Å²) in [6, 6.07) is 15.6. The van der Waals surface area contributed by atoms with Gasteiger partial charge in [0, 0.05) is 22.7 Å². The van der Waals surface area contributed by atoms with Crippen LogP contribution in [0, 0.1) is 11.3 Å². The fraction of sp³-hybridized carbons (Fsp3) is 0.105. The fourth-order valence-corrected chi connectivity index (χ4v) is 2.49. The Bertz CT molecular complexity index is 966. The molecule has 0 bridgehead atoms. The predicted octanol–water partition coefficient (Wildman–Crippen LogP) is 3.47. The average molecular weight is 318 g/mol. The summed E-state index contributed by atoms with van der Waals surface area (Å²) < 4.78 is 5.26. The molecule has 5 heteroatoms. The standard InChI is InChI=1S/C19H14N2O3/c1-12(24-19(23)14-6-4-5-13(9-14)10-20)18(22)16-11-21-17-8-3-2-7-15(16)17/h2-9,11-12,21H,1H3/t12-/m1/s1. The average Bonchev–Trinajstić information content (AvgIpc) is 3.05. The first-order valence-corrected chi connectivity index (χ1v) is 7.41. The molecule has 0 unspecified atom stereocenters. The molecule has 0 radical (unpaired) electrons. The molecule has 1 N–H and O–H groups in total. The zero-order valence-electron chi connectivity index (χ0n) is 12.9. The number of hydrogen-bond acceptors (Lipinski definition) is 4. The highest BCUT2D eigenvalue weighted by Gasteiger charge is 2.22. The Morgan fingerprint density at radius 1 is 1.17 bits per heavy atom. The van der Waals surface area contributed by atoms with Crippen LogP contribution in [-0.2, 0) is 4.74 Å². The minimum atomic E-state index is -0.928. The summed E-state index contributed by atoms with van der Waals surface area (Å²) in [6.45, 7) is 1.54. The van der Waals surface area contributed by atoms with Gasteiger partial charge in [-0.2, -0.15) is 5.26 Å². The smallest absolute Gasteiger partial charge is 0.338 e. The fourth-order valence-electron chi connectivity index (χ4n) is 2.49. The first-order valence-electron chi connectivity index (χ1n) is 7.41. The second-order valence-electron chi connectivity index (χ2n) is 5.35. The Kier molecular flexibility index (Phi) is 4.13. The molecule has 1 aromatic heterocycles. The quantitative estimate of drug-likeness (QED) is 0.590. The Hall–Kier alpha value is -3.39. The summed E-state index contributed by atoms with van der Waals surface area (Å²) in [5, 5.41) is 9.67. The zero-order chi connectivity index (χ0) is 17.1. The van der Waals surface area contributed by atoms with Crippen molar-refractivity contribution in [3.05, 3.63) is 71.4 Å². The van der Waals surface area contributed by atoms with Crippen molar-refractivity contribution in [2.45, 2.75) is 13.0 Å². The van der Waals surface area contributed by atoms with E-state index < -0.39 is 12.1 Å². The van der Waals surface area contributed by atoms with Crippen LogP contribution in [0.3, 0.4) is 0 Å². The molecule has 0 saturated carbocycles. The van der Waals surface area contributed by atoms with Gasteiger partial charge < -0.3 is 9.72 Å². The molecule has 0 amide bonds. The maximum atomic E-state index is 12.6. The summed E-state index contributed by atoms with van der Waals surface area (Å²) in [5.41, 5.74) is 1.94. The lowest BCUT2D eigenvalue weighted by molar-refractivity contribution is 0.0319. The van der Waals surface area contributed by atoms with Crippen molar-refractivity contribution in [1.82, 2.24) is 4.98 Å². The van der Waals surface area contributed by atoms with E-state index in [1.807, 2.05) is 30.3 Å². The molecule has 0 fully saturated rings. The predicted molar refractivity (Wildman–Crippen MR) is 88.7 cm³/mol. The van der Waals surface area contributed by atoms with Gasteiger partial charge in [-0.25, -0.2) is 4.79 Å². The van der Waals surface area contributed by atoms with Gasteiger partial charge in [0.05, 0.1) is 17.2 Å². The molecule has 0 spiro atoms. The van der Waals surface area contributed by atoms with E-state index in [1.165, 1.54) is 13.0 Å². The summed E-state index contributed by atoms with van der Waals surface area (Å²) in [4.78, 5) is 27.8. The Labute approximate surface area is 138 Å². The van der Waals surface area contributed by atoms with E-state index >= 15 is 0 Å². The van der Waals surface area contributed by atoms with Gasteiger partial charge in [0.2, 0.25) is 5.78 Å². The number of esters is 1. The van der Waals surface area contributed by atoms with Crippen LogP contribution < -0.4 is 0 Å². The van der Waals surface area contributed by atoms with E-state index in [2.05, 4.69) is 4.98 Å². The van der Waals surface area contributed by atoms with Crippen molar-refractivity contribution in [3.8, 4) is 6.07 Å². The highest BCUT2D eigenvalue weighted by Crippen LogP contribution is 2.20. The summed E-state index contributed by atoms with van der Waals surface area (Å²) >= 11 is 0. The van der Waals surface area contributed by atoms with Gasteiger partial charge in [-0.15, -0.1) is 0 Å². The van der Waals surface area contributed by atoms with Gasteiger partial charge in [-0.05, 0) is 31.2 Å². The first-order chi connectivity index (χ1) is 11.6. The van der Waals surface area contributed by atoms with Crippen LogP contribution in [-0.4, -0.2) is 22.8 Å². The minimum Gasteiger partial charge on any atom is -0.451 e. The number of benzene rings is 2. The number of rotatable bonds is 4. The Morgan fingerprint density at radius 3 is 2.75 bits per heavy atom. The van der Waals surface area contributed by atoms with Crippen LogP contribution in [0.15, 0.2) is 54.7 Å². The second kappa shape index (κ2) is 6.39. The number of fused-ring (bicyclic) bond motifs is 1. The van der Waals surface area contributed by atoms with Crippen LogP contribution >= 0.6 is 0 Å². The number of nitrogens with one attached hydrogen (secondary N) is 1. The minimum absolute atomic E-state index is 0.243. The van der Waals surface area contributed by atoms with Crippen molar-refractivity contribution in [2.24, 2.45) is 0 Å². The van der Waals surface area contributed by atoms with Crippen LogP contribution in [0.5, 0.6) is 0 Å². The van der Waals surface area contributed by atoms with Gasteiger partial charge in [0.1, 0.15) is 0 Å². The number of ketones is 1. The number of aromatic amines is 1. The van der Waals surface area contributed by atoms with Crippen molar-refractivity contribution in [3.63, 3.8) is 0 Å². The molecule has 3 aromatic rings. The molecule has 0 aliphatic rings. The lowest BCUT2D eigenvalue weighted by Crippen LogP contribution is -2.24. The zero-order valence-corrected chi connectivity index (χ0v) is 12.9.